The summed E-state index contributed by atoms with van der Waals surface area (Å²) in [6, 6.07) is 7.85. The second-order valence-electron chi connectivity index (χ2n) is 6.50. The van der Waals surface area contributed by atoms with Crippen LogP contribution >= 0.6 is 0 Å². The van der Waals surface area contributed by atoms with E-state index in [1.165, 1.54) is 0 Å². The molecule has 0 radical (unpaired) electrons. The maximum absolute atomic E-state index is 12.4. The number of nitrogens with zero attached hydrogens (tertiary/aromatic N) is 1. The van der Waals surface area contributed by atoms with Gasteiger partial charge in [0.25, 0.3) is 5.91 Å². The molecule has 6 heteroatoms. The van der Waals surface area contributed by atoms with Gasteiger partial charge in [0.15, 0.2) is 12.7 Å². The van der Waals surface area contributed by atoms with Crippen molar-refractivity contribution in [3.63, 3.8) is 0 Å². The van der Waals surface area contributed by atoms with Gasteiger partial charge in [-0.05, 0) is 44.2 Å². The Morgan fingerprint density at radius 1 is 1.32 bits per heavy atom. The van der Waals surface area contributed by atoms with Crippen LogP contribution in [0.3, 0.4) is 0 Å². The van der Waals surface area contributed by atoms with Crippen molar-refractivity contribution in [2.75, 3.05) is 31.3 Å². The van der Waals surface area contributed by atoms with E-state index in [2.05, 4.69) is 0 Å². The number of carbonyl (C=O) groups excluding carboxylic acids is 2. The average Bonchev–Trinajstić information content (AvgIpc) is 3.17. The van der Waals surface area contributed by atoms with Crippen molar-refractivity contribution in [2.45, 2.75) is 44.8 Å². The average molecular weight is 347 g/mol. The lowest BCUT2D eigenvalue weighted by Gasteiger charge is -2.29. The number of ether oxygens (including phenoxy) is 3. The minimum atomic E-state index is -0.703. The molecule has 1 aromatic carbocycles. The summed E-state index contributed by atoms with van der Waals surface area (Å²) in [5, 5.41) is 0. The zero-order chi connectivity index (χ0) is 17.6. The minimum Gasteiger partial charge on any atom is -0.454 e. The number of amides is 1. The molecule has 3 rings (SSSR count). The molecule has 1 saturated heterocycles. The number of para-hydroxylation sites is 1. The first-order chi connectivity index (χ1) is 12.1. The summed E-state index contributed by atoms with van der Waals surface area (Å²) in [6.45, 7) is 3.15. The molecule has 0 spiro atoms. The molecule has 0 bridgehead atoms. The monoisotopic (exact) mass is 347 g/mol. The second-order valence-corrected chi connectivity index (χ2v) is 6.50. The lowest BCUT2D eigenvalue weighted by molar-refractivity contribution is -0.160. The molecule has 6 nitrogen and oxygen atoms in total. The van der Waals surface area contributed by atoms with Crippen molar-refractivity contribution in [3.05, 3.63) is 29.8 Å². The van der Waals surface area contributed by atoms with E-state index >= 15 is 0 Å². The third-order valence-electron chi connectivity index (χ3n) is 4.64. The fourth-order valence-electron chi connectivity index (χ4n) is 3.22. The first-order valence-corrected chi connectivity index (χ1v) is 8.93. The number of rotatable bonds is 6. The number of aryl methyl sites for hydroxylation is 1. The van der Waals surface area contributed by atoms with Gasteiger partial charge in [-0.1, -0.05) is 18.2 Å². The largest absolute Gasteiger partial charge is 0.454 e. The molecule has 1 aromatic rings. The number of carbonyl (C=O) groups is 2. The maximum atomic E-state index is 12.4. The molecular formula is C19H25NO5. The molecule has 0 aromatic heterocycles. The van der Waals surface area contributed by atoms with E-state index in [0.717, 1.165) is 43.5 Å². The zero-order valence-electron chi connectivity index (χ0n) is 14.6. The van der Waals surface area contributed by atoms with Crippen LogP contribution in [0.4, 0.5) is 5.69 Å². The Hall–Kier alpha value is -1.92. The fraction of sp³-hybridized carbons (Fsp3) is 0.579. The quantitative estimate of drug-likeness (QED) is 0.737. The van der Waals surface area contributed by atoms with E-state index in [0.29, 0.717) is 13.2 Å². The number of anilines is 1. The van der Waals surface area contributed by atoms with Gasteiger partial charge in [0.2, 0.25) is 0 Å². The smallest absolute Gasteiger partial charge is 0.335 e. The van der Waals surface area contributed by atoms with E-state index in [9.17, 15) is 9.59 Å². The van der Waals surface area contributed by atoms with E-state index < -0.39 is 12.1 Å². The van der Waals surface area contributed by atoms with Crippen LogP contribution in [-0.4, -0.2) is 50.4 Å². The first kappa shape index (κ1) is 17.9. The Morgan fingerprint density at radius 3 is 2.96 bits per heavy atom. The summed E-state index contributed by atoms with van der Waals surface area (Å²) in [7, 11) is 0. The van der Waals surface area contributed by atoms with Gasteiger partial charge in [-0.3, -0.25) is 4.79 Å². The Labute approximate surface area is 148 Å². The predicted octanol–water partition coefficient (Wildman–Crippen LogP) is 2.09. The Morgan fingerprint density at radius 2 is 2.16 bits per heavy atom. The predicted molar refractivity (Wildman–Crippen MR) is 92.5 cm³/mol. The summed E-state index contributed by atoms with van der Waals surface area (Å²) in [4.78, 5) is 26.2. The standard InChI is InChI=1S/C19H25NO5/c1-14(24-12-16-8-5-11-23-16)19(22)25-13-18(21)20-10-4-7-15-6-2-3-9-17(15)20/h2-3,6,9,14,16H,4-5,7-8,10-13H2,1H3. The Bertz CT molecular complexity index is 612. The number of esters is 1. The van der Waals surface area contributed by atoms with Crippen LogP contribution in [0.2, 0.25) is 0 Å². The Kier molecular flexibility index (Phi) is 6.04. The summed E-state index contributed by atoms with van der Waals surface area (Å²) in [5.41, 5.74) is 2.07. The van der Waals surface area contributed by atoms with Crippen molar-refractivity contribution in [2.24, 2.45) is 0 Å². The van der Waals surface area contributed by atoms with Gasteiger partial charge in [-0.2, -0.15) is 0 Å². The highest BCUT2D eigenvalue weighted by molar-refractivity contribution is 5.96. The summed E-state index contributed by atoms with van der Waals surface area (Å²) in [5.74, 6) is -0.719. The zero-order valence-corrected chi connectivity index (χ0v) is 14.6. The van der Waals surface area contributed by atoms with Crippen LogP contribution in [0.15, 0.2) is 24.3 Å². The third kappa shape index (κ3) is 4.58. The summed E-state index contributed by atoms with van der Waals surface area (Å²) >= 11 is 0. The van der Waals surface area contributed by atoms with Gasteiger partial charge >= 0.3 is 5.97 Å². The molecular weight excluding hydrogens is 322 g/mol. The first-order valence-electron chi connectivity index (χ1n) is 8.93. The highest BCUT2D eigenvalue weighted by atomic mass is 16.6. The minimum absolute atomic E-state index is 0.0572. The van der Waals surface area contributed by atoms with Crippen molar-refractivity contribution >= 4 is 17.6 Å². The van der Waals surface area contributed by atoms with Gasteiger partial charge < -0.3 is 19.1 Å². The summed E-state index contributed by atoms with van der Waals surface area (Å²) < 4.78 is 16.1. The number of benzene rings is 1. The molecule has 0 N–H and O–H groups in total. The van der Waals surface area contributed by atoms with Gasteiger partial charge in [-0.15, -0.1) is 0 Å². The van der Waals surface area contributed by atoms with E-state index in [-0.39, 0.29) is 18.6 Å². The molecule has 1 amide bonds. The van der Waals surface area contributed by atoms with Crippen LogP contribution in [0.25, 0.3) is 0 Å². The Balaban J connectivity index is 1.46. The topological polar surface area (TPSA) is 65.1 Å². The molecule has 2 heterocycles. The SMILES string of the molecule is CC(OCC1CCCO1)C(=O)OCC(=O)N1CCCc2ccccc21. The number of hydrogen-bond donors (Lipinski definition) is 0. The van der Waals surface area contributed by atoms with Crippen LogP contribution in [0.5, 0.6) is 0 Å². The van der Waals surface area contributed by atoms with Crippen LogP contribution in [-0.2, 0) is 30.2 Å². The second kappa shape index (κ2) is 8.45. The van der Waals surface area contributed by atoms with Crippen LogP contribution < -0.4 is 4.90 Å². The lowest BCUT2D eigenvalue weighted by atomic mass is 10.0. The van der Waals surface area contributed by atoms with E-state index in [1.54, 1.807) is 11.8 Å². The van der Waals surface area contributed by atoms with E-state index in [1.807, 2.05) is 24.3 Å². The maximum Gasteiger partial charge on any atom is 0.335 e. The van der Waals surface area contributed by atoms with Crippen LogP contribution in [0, 0.1) is 0 Å². The third-order valence-corrected chi connectivity index (χ3v) is 4.64. The molecule has 136 valence electrons. The van der Waals surface area contributed by atoms with Gasteiger partial charge in [-0.25, -0.2) is 4.79 Å². The molecule has 1 fully saturated rings. The van der Waals surface area contributed by atoms with Gasteiger partial charge in [0, 0.05) is 18.8 Å². The molecule has 2 aliphatic heterocycles. The summed E-state index contributed by atoms with van der Waals surface area (Å²) in [6.07, 6.45) is 3.21. The highest BCUT2D eigenvalue weighted by Crippen LogP contribution is 2.26. The molecule has 2 aliphatic rings. The molecule has 2 unspecified atom stereocenters. The molecule has 2 atom stereocenters. The van der Waals surface area contributed by atoms with Gasteiger partial charge in [0.1, 0.15) is 0 Å². The molecule has 25 heavy (non-hydrogen) atoms. The normalized spacial score (nSPS) is 20.8. The molecule has 0 aliphatic carbocycles. The lowest BCUT2D eigenvalue weighted by Crippen LogP contribution is -2.39. The highest BCUT2D eigenvalue weighted by Gasteiger charge is 2.25. The van der Waals surface area contributed by atoms with Gasteiger partial charge in [0.05, 0.1) is 12.7 Å². The number of fused-ring (bicyclic) bond motifs is 1. The van der Waals surface area contributed by atoms with Crippen molar-refractivity contribution < 1.29 is 23.8 Å². The van der Waals surface area contributed by atoms with Crippen molar-refractivity contribution in [3.8, 4) is 0 Å². The van der Waals surface area contributed by atoms with Crippen molar-refractivity contribution in [1.82, 2.24) is 0 Å². The molecule has 0 saturated carbocycles. The number of hydrogen-bond acceptors (Lipinski definition) is 5. The van der Waals surface area contributed by atoms with Crippen LogP contribution in [0.1, 0.15) is 31.7 Å². The van der Waals surface area contributed by atoms with E-state index in [4.69, 9.17) is 14.2 Å². The fourth-order valence-corrected chi connectivity index (χ4v) is 3.22. The van der Waals surface area contributed by atoms with Crippen molar-refractivity contribution in [1.29, 1.82) is 0 Å².